The second-order valence-electron chi connectivity index (χ2n) is 4.45. The molecule has 0 saturated heterocycles. The maximum atomic E-state index is 12.0. The molecule has 2 heteroatoms. The minimum Gasteiger partial charge on any atom is -0.405 e. The Morgan fingerprint density at radius 3 is 2.81 bits per heavy atom. The number of allylic oxidation sites excluding steroid dienone is 6. The van der Waals surface area contributed by atoms with Crippen LogP contribution in [0.4, 0.5) is 0 Å². The summed E-state index contributed by atoms with van der Waals surface area (Å²) in [4.78, 5) is 12.0. The van der Waals surface area contributed by atoms with Crippen LogP contribution in [0.2, 0.25) is 0 Å². The van der Waals surface area contributed by atoms with Gasteiger partial charge >= 0.3 is 0 Å². The summed E-state index contributed by atoms with van der Waals surface area (Å²) in [5.74, 6) is 0.188. The van der Waals surface area contributed by atoms with Gasteiger partial charge in [0, 0.05) is 11.8 Å². The fourth-order valence-corrected chi connectivity index (χ4v) is 2.72. The van der Waals surface area contributed by atoms with Gasteiger partial charge < -0.3 is 5.73 Å². The summed E-state index contributed by atoms with van der Waals surface area (Å²) < 4.78 is 0. The molecule has 2 aliphatic carbocycles. The molecule has 1 fully saturated rings. The quantitative estimate of drug-likeness (QED) is 0.719. The molecule has 1 saturated carbocycles. The summed E-state index contributed by atoms with van der Waals surface area (Å²) in [6.07, 6.45) is 13.9. The van der Waals surface area contributed by atoms with E-state index in [-0.39, 0.29) is 17.1 Å². The average molecular weight is 215 g/mol. The summed E-state index contributed by atoms with van der Waals surface area (Å²) in [6, 6.07) is 0. The molecule has 2 nitrogen and oxygen atoms in total. The van der Waals surface area contributed by atoms with Crippen molar-refractivity contribution in [1.82, 2.24) is 0 Å². The SMILES string of the molecule is C=CC1([C@H]2C(=O)CCC2=CN)C=CC=CC1. The van der Waals surface area contributed by atoms with E-state index in [9.17, 15) is 4.79 Å². The van der Waals surface area contributed by atoms with E-state index in [1.54, 1.807) is 6.20 Å². The van der Waals surface area contributed by atoms with Crippen molar-refractivity contribution in [2.24, 2.45) is 17.1 Å². The molecule has 0 bridgehead atoms. The Hall–Kier alpha value is -1.57. The first-order chi connectivity index (χ1) is 7.73. The zero-order valence-corrected chi connectivity index (χ0v) is 9.36. The van der Waals surface area contributed by atoms with Crippen molar-refractivity contribution in [1.29, 1.82) is 0 Å². The molecule has 0 amide bonds. The third-order valence-corrected chi connectivity index (χ3v) is 3.61. The summed E-state index contributed by atoms with van der Waals surface area (Å²) in [6.45, 7) is 3.90. The molecule has 2 N–H and O–H groups in total. The van der Waals surface area contributed by atoms with Crippen LogP contribution in [-0.4, -0.2) is 5.78 Å². The normalized spacial score (nSPS) is 35.9. The van der Waals surface area contributed by atoms with Gasteiger partial charge in [-0.1, -0.05) is 30.4 Å². The van der Waals surface area contributed by atoms with Gasteiger partial charge in [-0.2, -0.15) is 0 Å². The first-order valence-corrected chi connectivity index (χ1v) is 5.65. The lowest BCUT2D eigenvalue weighted by atomic mass is 9.68. The van der Waals surface area contributed by atoms with Crippen molar-refractivity contribution >= 4 is 5.78 Å². The van der Waals surface area contributed by atoms with E-state index in [0.29, 0.717) is 6.42 Å². The molecular weight excluding hydrogens is 198 g/mol. The van der Waals surface area contributed by atoms with Crippen molar-refractivity contribution in [3.05, 3.63) is 48.7 Å². The minimum atomic E-state index is -0.256. The predicted molar refractivity (Wildman–Crippen MR) is 65.5 cm³/mol. The van der Waals surface area contributed by atoms with E-state index in [0.717, 1.165) is 18.4 Å². The lowest BCUT2D eigenvalue weighted by Crippen LogP contribution is -2.31. The lowest BCUT2D eigenvalue weighted by Gasteiger charge is -2.34. The van der Waals surface area contributed by atoms with Gasteiger partial charge in [-0.05, 0) is 24.6 Å². The number of hydrogen-bond donors (Lipinski definition) is 1. The fraction of sp³-hybridized carbons (Fsp3) is 0.357. The zero-order chi connectivity index (χ0) is 11.6. The Morgan fingerprint density at radius 2 is 2.25 bits per heavy atom. The average Bonchev–Trinajstić information content (AvgIpc) is 2.72. The maximum Gasteiger partial charge on any atom is 0.141 e. The molecule has 16 heavy (non-hydrogen) atoms. The molecule has 0 aromatic carbocycles. The van der Waals surface area contributed by atoms with Crippen LogP contribution < -0.4 is 5.73 Å². The molecule has 1 unspecified atom stereocenters. The first kappa shape index (κ1) is 10.9. The van der Waals surface area contributed by atoms with Crippen LogP contribution in [0.25, 0.3) is 0 Å². The summed E-state index contributed by atoms with van der Waals surface area (Å²) in [7, 11) is 0. The number of carbonyl (C=O) groups excluding carboxylic acids is 1. The Kier molecular flexibility index (Phi) is 2.82. The van der Waals surface area contributed by atoms with Crippen LogP contribution in [-0.2, 0) is 4.79 Å². The highest BCUT2D eigenvalue weighted by Crippen LogP contribution is 2.46. The third-order valence-electron chi connectivity index (χ3n) is 3.61. The fourth-order valence-electron chi connectivity index (χ4n) is 2.72. The van der Waals surface area contributed by atoms with Crippen LogP contribution in [0.1, 0.15) is 19.3 Å². The Labute approximate surface area is 96.2 Å². The van der Waals surface area contributed by atoms with E-state index in [4.69, 9.17) is 5.73 Å². The number of carbonyl (C=O) groups is 1. The van der Waals surface area contributed by atoms with Crippen molar-refractivity contribution in [3.63, 3.8) is 0 Å². The van der Waals surface area contributed by atoms with E-state index >= 15 is 0 Å². The van der Waals surface area contributed by atoms with Gasteiger partial charge in [0.1, 0.15) is 5.78 Å². The summed E-state index contributed by atoms with van der Waals surface area (Å²) in [5.41, 5.74) is 6.42. The number of ketones is 1. The van der Waals surface area contributed by atoms with E-state index < -0.39 is 0 Å². The molecule has 2 rings (SSSR count). The van der Waals surface area contributed by atoms with Crippen molar-refractivity contribution in [2.45, 2.75) is 19.3 Å². The molecule has 0 radical (unpaired) electrons. The van der Waals surface area contributed by atoms with Gasteiger partial charge in [-0.15, -0.1) is 6.58 Å². The van der Waals surface area contributed by atoms with E-state index in [1.165, 1.54) is 0 Å². The molecule has 0 spiro atoms. The van der Waals surface area contributed by atoms with Crippen LogP contribution in [0.3, 0.4) is 0 Å². The van der Waals surface area contributed by atoms with E-state index in [1.807, 2.05) is 18.2 Å². The molecule has 0 aliphatic heterocycles. The first-order valence-electron chi connectivity index (χ1n) is 5.65. The van der Waals surface area contributed by atoms with Gasteiger partial charge in [-0.25, -0.2) is 0 Å². The molecule has 84 valence electrons. The predicted octanol–water partition coefficient (Wildman–Crippen LogP) is 2.50. The molecular formula is C14H17NO. The molecule has 0 aromatic heterocycles. The highest BCUT2D eigenvalue weighted by atomic mass is 16.1. The largest absolute Gasteiger partial charge is 0.405 e. The Morgan fingerprint density at radius 1 is 1.44 bits per heavy atom. The second kappa shape index (κ2) is 4.12. The van der Waals surface area contributed by atoms with Gasteiger partial charge in [0.25, 0.3) is 0 Å². The number of Topliss-reactive ketones (excluding diaryl/α,β-unsaturated/α-hetero) is 1. The lowest BCUT2D eigenvalue weighted by molar-refractivity contribution is -0.121. The van der Waals surface area contributed by atoms with Crippen LogP contribution in [0.15, 0.2) is 48.7 Å². The molecule has 0 heterocycles. The van der Waals surface area contributed by atoms with Crippen molar-refractivity contribution < 1.29 is 4.79 Å². The molecule has 0 aromatic rings. The van der Waals surface area contributed by atoms with Crippen LogP contribution in [0, 0.1) is 11.3 Å². The smallest absolute Gasteiger partial charge is 0.141 e. The highest BCUT2D eigenvalue weighted by Gasteiger charge is 2.43. The van der Waals surface area contributed by atoms with Crippen molar-refractivity contribution in [3.8, 4) is 0 Å². The van der Waals surface area contributed by atoms with Gasteiger partial charge in [0.2, 0.25) is 0 Å². The van der Waals surface area contributed by atoms with E-state index in [2.05, 4.69) is 18.7 Å². The van der Waals surface area contributed by atoms with Gasteiger partial charge in [0.15, 0.2) is 0 Å². The van der Waals surface area contributed by atoms with Gasteiger partial charge in [0.05, 0.1) is 5.92 Å². The molecule has 2 atom stereocenters. The van der Waals surface area contributed by atoms with Gasteiger partial charge in [-0.3, -0.25) is 4.79 Å². The summed E-state index contributed by atoms with van der Waals surface area (Å²) >= 11 is 0. The molecule has 2 aliphatic rings. The summed E-state index contributed by atoms with van der Waals surface area (Å²) in [5, 5.41) is 0. The standard InChI is InChI=1S/C14H17NO/c1-2-14(8-4-3-5-9-14)13-11(10-15)6-7-12(13)16/h2-5,8,10,13H,1,6-7,9,15H2/t13-,14?/m1/s1. The van der Waals surface area contributed by atoms with Crippen LogP contribution >= 0.6 is 0 Å². The Bertz CT molecular complexity index is 403. The third kappa shape index (κ3) is 1.54. The second-order valence-corrected chi connectivity index (χ2v) is 4.45. The topological polar surface area (TPSA) is 43.1 Å². The maximum absolute atomic E-state index is 12.0. The minimum absolute atomic E-state index is 0.101. The monoisotopic (exact) mass is 215 g/mol. The van der Waals surface area contributed by atoms with Crippen LogP contribution in [0.5, 0.6) is 0 Å². The highest BCUT2D eigenvalue weighted by molar-refractivity contribution is 5.88. The number of rotatable bonds is 2. The number of hydrogen-bond acceptors (Lipinski definition) is 2. The zero-order valence-electron chi connectivity index (χ0n) is 9.36. The number of nitrogens with two attached hydrogens (primary N) is 1. The Balaban J connectivity index is 2.41. The van der Waals surface area contributed by atoms with Crippen molar-refractivity contribution in [2.75, 3.05) is 0 Å².